The minimum Gasteiger partial charge on any atom is -0.508 e. The van der Waals surface area contributed by atoms with Crippen molar-refractivity contribution in [3.63, 3.8) is 0 Å². The zero-order valence-electron chi connectivity index (χ0n) is 9.44. The molecule has 5 nitrogen and oxygen atoms in total. The minimum atomic E-state index is -3.31. The van der Waals surface area contributed by atoms with Gasteiger partial charge < -0.3 is 19.9 Å². The van der Waals surface area contributed by atoms with Gasteiger partial charge in [0.15, 0.2) is 6.61 Å². The molecule has 1 amide bonds. The monoisotopic (exact) mass is 259 g/mol. The molecular formula is C11H11F2NO4. The number of ether oxygens (including phenoxy) is 2. The van der Waals surface area contributed by atoms with Gasteiger partial charge in [0.25, 0.3) is 0 Å². The second-order valence-electron chi connectivity index (χ2n) is 3.84. The third-order valence-electron chi connectivity index (χ3n) is 2.63. The summed E-state index contributed by atoms with van der Waals surface area (Å²) in [5, 5.41) is 11.6. The first-order valence-electron chi connectivity index (χ1n) is 5.12. The van der Waals surface area contributed by atoms with Crippen molar-refractivity contribution < 1.29 is 28.2 Å². The topological polar surface area (TPSA) is 67.8 Å². The van der Waals surface area contributed by atoms with Crippen molar-refractivity contribution >= 4 is 6.09 Å². The van der Waals surface area contributed by atoms with E-state index < -0.39 is 24.7 Å². The second kappa shape index (κ2) is 4.32. The predicted octanol–water partition coefficient (Wildman–Crippen LogP) is 1.82. The summed E-state index contributed by atoms with van der Waals surface area (Å²) < 4.78 is 36.4. The molecule has 0 radical (unpaired) electrons. The number of carbonyl (C=O) groups is 1. The number of carbonyl (C=O) groups excluding carboxylic acids is 1. The van der Waals surface area contributed by atoms with Gasteiger partial charge in [-0.2, -0.15) is 0 Å². The van der Waals surface area contributed by atoms with E-state index in [1.807, 2.05) is 5.32 Å². The fraction of sp³-hybridized carbons (Fsp3) is 0.364. The Labute approximate surface area is 101 Å². The van der Waals surface area contributed by atoms with Crippen molar-refractivity contribution in [1.29, 1.82) is 0 Å². The van der Waals surface area contributed by atoms with Crippen LogP contribution in [0.5, 0.6) is 11.5 Å². The van der Waals surface area contributed by atoms with Crippen molar-refractivity contribution in [2.24, 2.45) is 0 Å². The lowest BCUT2D eigenvalue weighted by Gasteiger charge is -2.32. The van der Waals surface area contributed by atoms with E-state index in [-0.39, 0.29) is 11.3 Å². The van der Waals surface area contributed by atoms with Crippen LogP contribution in [0.25, 0.3) is 0 Å². The van der Waals surface area contributed by atoms with E-state index in [0.717, 1.165) is 0 Å². The summed E-state index contributed by atoms with van der Waals surface area (Å²) in [4.78, 5) is 11.0. The zero-order chi connectivity index (χ0) is 13.3. The Morgan fingerprint density at radius 3 is 2.94 bits per heavy atom. The maximum atomic E-state index is 13.7. The van der Waals surface area contributed by atoms with Crippen molar-refractivity contribution in [3.05, 3.63) is 23.8 Å². The predicted molar refractivity (Wildman–Crippen MR) is 56.8 cm³/mol. The van der Waals surface area contributed by atoms with Gasteiger partial charge in [0.2, 0.25) is 0 Å². The third kappa shape index (κ3) is 2.15. The van der Waals surface area contributed by atoms with E-state index in [0.29, 0.717) is 5.75 Å². The molecule has 1 fully saturated rings. The quantitative estimate of drug-likeness (QED) is 0.850. The second-order valence-corrected chi connectivity index (χ2v) is 3.84. The highest BCUT2D eigenvalue weighted by Gasteiger charge is 2.47. The van der Waals surface area contributed by atoms with Crippen LogP contribution in [-0.2, 0) is 4.74 Å². The molecule has 0 aromatic heterocycles. The van der Waals surface area contributed by atoms with Crippen LogP contribution in [0.15, 0.2) is 18.2 Å². The number of phenolic OH excluding ortho intramolecular Hbond substituents is 1. The van der Waals surface area contributed by atoms with E-state index in [1.165, 1.54) is 25.3 Å². The largest absolute Gasteiger partial charge is 0.508 e. The van der Waals surface area contributed by atoms with Gasteiger partial charge in [0.05, 0.1) is 7.11 Å². The molecule has 0 spiro atoms. The summed E-state index contributed by atoms with van der Waals surface area (Å²) in [5.74, 6) is -3.35. The number of rotatable bonds is 2. The van der Waals surface area contributed by atoms with Crippen LogP contribution < -0.4 is 10.1 Å². The Morgan fingerprint density at radius 2 is 2.28 bits per heavy atom. The van der Waals surface area contributed by atoms with Gasteiger partial charge in [-0.3, -0.25) is 0 Å². The molecule has 1 saturated heterocycles. The molecular weight excluding hydrogens is 248 g/mol. The molecule has 1 aliphatic heterocycles. The van der Waals surface area contributed by atoms with Crippen LogP contribution in [0.1, 0.15) is 11.6 Å². The molecule has 0 bridgehead atoms. The Morgan fingerprint density at radius 1 is 1.56 bits per heavy atom. The van der Waals surface area contributed by atoms with Crippen LogP contribution in [0.3, 0.4) is 0 Å². The average Bonchev–Trinajstić information content (AvgIpc) is 2.33. The number of methoxy groups -OCH3 is 1. The van der Waals surface area contributed by atoms with Crippen LogP contribution >= 0.6 is 0 Å². The Kier molecular flexibility index (Phi) is 2.98. The number of nitrogens with one attached hydrogen (secondary N) is 1. The summed E-state index contributed by atoms with van der Waals surface area (Å²) in [6.07, 6.45) is -0.951. The van der Waals surface area contributed by atoms with Gasteiger partial charge in [0.1, 0.15) is 17.5 Å². The summed E-state index contributed by atoms with van der Waals surface area (Å²) >= 11 is 0. The molecule has 0 aliphatic carbocycles. The third-order valence-corrected chi connectivity index (χ3v) is 2.63. The molecule has 1 aromatic carbocycles. The number of amides is 1. The van der Waals surface area contributed by atoms with Gasteiger partial charge in [-0.15, -0.1) is 0 Å². The van der Waals surface area contributed by atoms with Gasteiger partial charge in [-0.25, -0.2) is 13.6 Å². The van der Waals surface area contributed by atoms with E-state index >= 15 is 0 Å². The molecule has 1 aliphatic rings. The maximum Gasteiger partial charge on any atom is 0.408 e. The number of alkyl halides is 2. The number of phenols is 1. The van der Waals surface area contributed by atoms with Crippen molar-refractivity contribution in [3.8, 4) is 11.5 Å². The molecule has 0 saturated carbocycles. The first kappa shape index (κ1) is 12.4. The molecule has 1 heterocycles. The molecule has 98 valence electrons. The van der Waals surface area contributed by atoms with Crippen molar-refractivity contribution in [2.45, 2.75) is 12.0 Å². The number of hydrogen-bond acceptors (Lipinski definition) is 4. The van der Waals surface area contributed by atoms with E-state index in [1.54, 1.807) is 0 Å². The normalized spacial score (nSPS) is 21.9. The Hall–Kier alpha value is -2.05. The van der Waals surface area contributed by atoms with Crippen molar-refractivity contribution in [1.82, 2.24) is 5.32 Å². The minimum absolute atomic E-state index is 0.115. The Balaban J connectivity index is 2.42. The summed E-state index contributed by atoms with van der Waals surface area (Å²) in [6, 6.07) is 2.26. The summed E-state index contributed by atoms with van der Waals surface area (Å²) in [5.41, 5.74) is -0.115. The van der Waals surface area contributed by atoms with Crippen LogP contribution in [-0.4, -0.2) is 30.8 Å². The van der Waals surface area contributed by atoms with Gasteiger partial charge in [0, 0.05) is 5.56 Å². The van der Waals surface area contributed by atoms with Crippen molar-refractivity contribution in [2.75, 3.05) is 13.7 Å². The lowest BCUT2D eigenvalue weighted by atomic mass is 9.99. The molecule has 1 aromatic rings. The molecule has 2 N–H and O–H groups in total. The highest BCUT2D eigenvalue weighted by Crippen LogP contribution is 2.39. The Bertz CT molecular complexity index is 478. The molecule has 1 atom stereocenters. The SMILES string of the molecule is COc1ccc(O)c([C@@H]2NC(=O)OCC2(F)F)c1. The van der Waals surface area contributed by atoms with E-state index in [2.05, 4.69) is 4.74 Å². The maximum absolute atomic E-state index is 13.7. The van der Waals surface area contributed by atoms with Gasteiger partial charge in [-0.1, -0.05) is 0 Å². The fourth-order valence-electron chi connectivity index (χ4n) is 1.71. The first-order valence-corrected chi connectivity index (χ1v) is 5.12. The number of cyclic esters (lactones) is 1. The first-order chi connectivity index (χ1) is 8.44. The van der Waals surface area contributed by atoms with Gasteiger partial charge >= 0.3 is 12.0 Å². The molecule has 7 heteroatoms. The standard InChI is InChI=1S/C11H11F2NO4/c1-17-6-2-3-8(15)7(4-6)9-11(12,13)5-18-10(16)14-9/h2-4,9,15H,5H2,1H3,(H,14,16)/t9-/m0/s1. The highest BCUT2D eigenvalue weighted by atomic mass is 19.3. The molecule has 0 unspecified atom stereocenters. The lowest BCUT2D eigenvalue weighted by Crippen LogP contribution is -2.49. The van der Waals surface area contributed by atoms with E-state index in [4.69, 9.17) is 4.74 Å². The van der Waals surface area contributed by atoms with Gasteiger partial charge in [-0.05, 0) is 18.2 Å². The fourth-order valence-corrected chi connectivity index (χ4v) is 1.71. The van der Waals surface area contributed by atoms with Crippen LogP contribution in [0.4, 0.5) is 13.6 Å². The number of alkyl carbamates (subject to hydrolysis) is 1. The number of aromatic hydroxyl groups is 1. The zero-order valence-corrected chi connectivity index (χ0v) is 9.44. The number of benzene rings is 1. The smallest absolute Gasteiger partial charge is 0.408 e. The average molecular weight is 259 g/mol. The molecule has 2 rings (SSSR count). The summed E-state index contributed by atoms with van der Waals surface area (Å²) in [7, 11) is 1.37. The lowest BCUT2D eigenvalue weighted by molar-refractivity contribution is -0.104. The van der Waals surface area contributed by atoms with E-state index in [9.17, 15) is 18.7 Å². The van der Waals surface area contributed by atoms with Crippen LogP contribution in [0, 0.1) is 0 Å². The number of halogens is 2. The van der Waals surface area contributed by atoms with Crippen LogP contribution in [0.2, 0.25) is 0 Å². The molecule has 18 heavy (non-hydrogen) atoms. The summed E-state index contributed by atoms with van der Waals surface area (Å²) in [6.45, 7) is -1.03. The highest BCUT2D eigenvalue weighted by molar-refractivity contribution is 5.69. The number of hydrogen-bond donors (Lipinski definition) is 2.